The molecule has 1 heterocycles. The van der Waals surface area contributed by atoms with Gasteiger partial charge in [0, 0.05) is 43.9 Å². The monoisotopic (exact) mass is 374 g/mol. The van der Waals surface area contributed by atoms with Crippen LogP contribution >= 0.6 is 11.8 Å². The Kier molecular flexibility index (Phi) is 7.00. The molecular weight excluding hydrogens is 344 g/mol. The predicted molar refractivity (Wildman–Crippen MR) is 107 cm³/mol. The summed E-state index contributed by atoms with van der Waals surface area (Å²) in [6, 6.07) is 7.92. The molecule has 2 aliphatic rings. The molecule has 26 heavy (non-hydrogen) atoms. The van der Waals surface area contributed by atoms with E-state index >= 15 is 0 Å². The molecule has 1 aromatic carbocycles. The molecule has 0 bridgehead atoms. The standard InChI is InChI=1S/C21H30N2O2S/c1-26-16-18-6-9-19(10-7-18)21(25)23-14-12-22(13-15-23)20(24)11-8-17-4-2-3-5-17/h6-7,9-10,17H,2-5,8,11-16H2,1H3. The van der Waals surface area contributed by atoms with E-state index in [9.17, 15) is 9.59 Å². The highest BCUT2D eigenvalue weighted by molar-refractivity contribution is 7.97. The number of hydrogen-bond donors (Lipinski definition) is 0. The number of carbonyl (C=O) groups excluding carboxylic acids is 2. The van der Waals surface area contributed by atoms with Crippen molar-refractivity contribution in [2.24, 2.45) is 5.92 Å². The smallest absolute Gasteiger partial charge is 0.253 e. The molecule has 0 spiro atoms. The maximum atomic E-state index is 12.7. The van der Waals surface area contributed by atoms with Crippen molar-refractivity contribution in [1.82, 2.24) is 9.80 Å². The van der Waals surface area contributed by atoms with Crippen LogP contribution < -0.4 is 0 Å². The lowest BCUT2D eigenvalue weighted by molar-refractivity contribution is -0.133. The number of carbonyl (C=O) groups is 2. The number of hydrogen-bond acceptors (Lipinski definition) is 3. The van der Waals surface area contributed by atoms with E-state index in [1.54, 1.807) is 11.8 Å². The maximum absolute atomic E-state index is 12.7. The van der Waals surface area contributed by atoms with Gasteiger partial charge in [-0.15, -0.1) is 0 Å². The Morgan fingerprint density at radius 2 is 1.62 bits per heavy atom. The van der Waals surface area contributed by atoms with Gasteiger partial charge < -0.3 is 9.80 Å². The van der Waals surface area contributed by atoms with Crippen molar-refractivity contribution in [1.29, 1.82) is 0 Å². The first-order valence-corrected chi connectivity index (χ1v) is 11.2. The van der Waals surface area contributed by atoms with Crippen molar-refractivity contribution < 1.29 is 9.59 Å². The minimum atomic E-state index is 0.0822. The van der Waals surface area contributed by atoms with E-state index in [0.29, 0.717) is 32.6 Å². The molecule has 1 aliphatic carbocycles. The second-order valence-electron chi connectivity index (χ2n) is 7.49. The zero-order valence-corrected chi connectivity index (χ0v) is 16.6. The van der Waals surface area contributed by atoms with Crippen LogP contribution in [0.5, 0.6) is 0 Å². The van der Waals surface area contributed by atoms with E-state index in [1.807, 2.05) is 34.1 Å². The van der Waals surface area contributed by atoms with Crippen molar-refractivity contribution in [3.8, 4) is 0 Å². The maximum Gasteiger partial charge on any atom is 0.253 e. The highest BCUT2D eigenvalue weighted by Gasteiger charge is 2.25. The second-order valence-corrected chi connectivity index (χ2v) is 8.36. The van der Waals surface area contributed by atoms with E-state index in [1.165, 1.54) is 31.2 Å². The van der Waals surface area contributed by atoms with Crippen LogP contribution in [0.3, 0.4) is 0 Å². The first-order valence-electron chi connectivity index (χ1n) is 9.82. The second kappa shape index (κ2) is 9.45. The molecule has 4 nitrogen and oxygen atoms in total. The van der Waals surface area contributed by atoms with Crippen molar-refractivity contribution in [3.05, 3.63) is 35.4 Å². The summed E-state index contributed by atoms with van der Waals surface area (Å²) in [6.45, 7) is 2.61. The normalized spacial score (nSPS) is 18.3. The van der Waals surface area contributed by atoms with Crippen LogP contribution in [0.4, 0.5) is 0 Å². The number of amides is 2. The van der Waals surface area contributed by atoms with Crippen LogP contribution in [0.15, 0.2) is 24.3 Å². The van der Waals surface area contributed by atoms with Crippen molar-refractivity contribution >= 4 is 23.6 Å². The highest BCUT2D eigenvalue weighted by atomic mass is 32.2. The Labute approximate surface area is 161 Å². The molecule has 0 radical (unpaired) electrons. The molecule has 5 heteroatoms. The third-order valence-corrected chi connectivity index (χ3v) is 6.29. The van der Waals surface area contributed by atoms with Crippen LogP contribution in [0.1, 0.15) is 54.4 Å². The molecular formula is C21H30N2O2S. The Morgan fingerprint density at radius 3 is 2.23 bits per heavy atom. The van der Waals surface area contributed by atoms with Crippen LogP contribution in [-0.2, 0) is 10.5 Å². The number of nitrogens with zero attached hydrogens (tertiary/aromatic N) is 2. The summed E-state index contributed by atoms with van der Waals surface area (Å²) in [7, 11) is 0. The third kappa shape index (κ3) is 5.03. The Morgan fingerprint density at radius 1 is 1.00 bits per heavy atom. The van der Waals surface area contributed by atoms with Crippen molar-refractivity contribution in [3.63, 3.8) is 0 Å². The van der Waals surface area contributed by atoms with Gasteiger partial charge in [0.1, 0.15) is 0 Å². The molecule has 2 amide bonds. The lowest BCUT2D eigenvalue weighted by Crippen LogP contribution is -2.50. The van der Waals surface area contributed by atoms with Crippen LogP contribution in [0.2, 0.25) is 0 Å². The highest BCUT2D eigenvalue weighted by Crippen LogP contribution is 2.28. The molecule has 2 fully saturated rings. The molecule has 0 atom stereocenters. The lowest BCUT2D eigenvalue weighted by Gasteiger charge is -2.35. The van der Waals surface area contributed by atoms with E-state index in [4.69, 9.17) is 0 Å². The van der Waals surface area contributed by atoms with Gasteiger partial charge in [0.15, 0.2) is 0 Å². The quantitative estimate of drug-likeness (QED) is 0.760. The van der Waals surface area contributed by atoms with Gasteiger partial charge in [-0.2, -0.15) is 11.8 Å². The zero-order chi connectivity index (χ0) is 18.4. The summed E-state index contributed by atoms with van der Waals surface area (Å²) in [5.41, 5.74) is 1.99. The molecule has 1 saturated heterocycles. The van der Waals surface area contributed by atoms with Gasteiger partial charge in [-0.25, -0.2) is 0 Å². The third-order valence-electron chi connectivity index (χ3n) is 5.67. The van der Waals surface area contributed by atoms with Gasteiger partial charge in [0.25, 0.3) is 5.91 Å². The summed E-state index contributed by atoms with van der Waals surface area (Å²) >= 11 is 1.78. The molecule has 0 N–H and O–H groups in total. The first-order chi connectivity index (χ1) is 12.7. The Balaban J connectivity index is 1.44. The van der Waals surface area contributed by atoms with E-state index in [2.05, 4.69) is 6.26 Å². The predicted octanol–water partition coefficient (Wildman–Crippen LogP) is 3.80. The van der Waals surface area contributed by atoms with Crippen LogP contribution in [-0.4, -0.2) is 54.0 Å². The minimum Gasteiger partial charge on any atom is -0.339 e. The molecule has 3 rings (SSSR count). The summed E-state index contributed by atoms with van der Waals surface area (Å²) in [5, 5.41) is 0. The molecule has 1 aromatic rings. The van der Waals surface area contributed by atoms with Crippen molar-refractivity contribution in [2.75, 3.05) is 32.4 Å². The van der Waals surface area contributed by atoms with E-state index in [-0.39, 0.29) is 11.8 Å². The fourth-order valence-corrected chi connectivity index (χ4v) is 4.56. The number of rotatable bonds is 6. The summed E-state index contributed by atoms with van der Waals surface area (Å²) in [5.74, 6) is 2.08. The fourth-order valence-electron chi connectivity index (χ4n) is 4.04. The number of piperazine rings is 1. The largest absolute Gasteiger partial charge is 0.339 e. The fraction of sp³-hybridized carbons (Fsp3) is 0.619. The zero-order valence-electron chi connectivity index (χ0n) is 15.8. The Bertz CT molecular complexity index is 603. The number of benzene rings is 1. The van der Waals surface area contributed by atoms with Gasteiger partial charge in [0.05, 0.1) is 0 Å². The molecule has 1 saturated carbocycles. The van der Waals surface area contributed by atoms with Gasteiger partial charge >= 0.3 is 0 Å². The first kappa shape index (κ1) is 19.3. The van der Waals surface area contributed by atoms with Crippen LogP contribution in [0.25, 0.3) is 0 Å². The number of thioether (sulfide) groups is 1. The SMILES string of the molecule is CSCc1ccc(C(=O)N2CCN(C(=O)CCC3CCCC3)CC2)cc1. The average Bonchev–Trinajstić information content (AvgIpc) is 3.20. The van der Waals surface area contributed by atoms with Crippen LogP contribution in [0, 0.1) is 5.92 Å². The summed E-state index contributed by atoms with van der Waals surface area (Å²) < 4.78 is 0. The molecule has 0 unspecified atom stereocenters. The Hall–Kier alpha value is -1.49. The molecule has 0 aromatic heterocycles. The van der Waals surface area contributed by atoms with E-state index < -0.39 is 0 Å². The van der Waals surface area contributed by atoms with Gasteiger partial charge in [-0.1, -0.05) is 37.8 Å². The summed E-state index contributed by atoms with van der Waals surface area (Å²) in [6.07, 6.45) is 9.05. The van der Waals surface area contributed by atoms with E-state index in [0.717, 1.165) is 23.7 Å². The molecule has 142 valence electrons. The molecule has 1 aliphatic heterocycles. The van der Waals surface area contributed by atoms with Crippen molar-refractivity contribution in [2.45, 2.75) is 44.3 Å². The average molecular weight is 375 g/mol. The van der Waals surface area contributed by atoms with Gasteiger partial charge in [-0.05, 0) is 36.3 Å². The lowest BCUT2D eigenvalue weighted by atomic mass is 10.0. The topological polar surface area (TPSA) is 40.6 Å². The van der Waals surface area contributed by atoms with Gasteiger partial charge in [-0.3, -0.25) is 9.59 Å². The van der Waals surface area contributed by atoms with Gasteiger partial charge in [0.2, 0.25) is 5.91 Å². The summed E-state index contributed by atoms with van der Waals surface area (Å²) in [4.78, 5) is 28.9. The minimum absolute atomic E-state index is 0.0822.